The van der Waals surface area contributed by atoms with E-state index in [4.69, 9.17) is 9.47 Å². The van der Waals surface area contributed by atoms with Crippen molar-refractivity contribution in [2.75, 3.05) is 18.6 Å². The maximum atomic E-state index is 13.1. The quantitative estimate of drug-likeness (QED) is 0.747. The predicted molar refractivity (Wildman–Crippen MR) is 103 cm³/mol. The van der Waals surface area contributed by atoms with E-state index in [0.29, 0.717) is 12.3 Å². The van der Waals surface area contributed by atoms with Crippen LogP contribution in [0.25, 0.3) is 0 Å². The highest BCUT2D eigenvalue weighted by Gasteiger charge is 2.42. The van der Waals surface area contributed by atoms with Crippen molar-refractivity contribution in [2.24, 2.45) is 0 Å². The lowest BCUT2D eigenvalue weighted by molar-refractivity contribution is 0.0988. The van der Waals surface area contributed by atoms with Crippen LogP contribution in [0, 0.1) is 6.92 Å². The molecule has 2 aromatic carbocycles. The number of nitrogens with zero attached hydrogens (tertiary/aromatic N) is 2. The van der Waals surface area contributed by atoms with Gasteiger partial charge in [0.1, 0.15) is 11.5 Å². The van der Waals surface area contributed by atoms with Crippen molar-refractivity contribution in [3.63, 3.8) is 0 Å². The molecule has 0 saturated carbocycles. The lowest BCUT2D eigenvalue weighted by atomic mass is 9.99. The van der Waals surface area contributed by atoms with Crippen LogP contribution in [-0.2, 0) is 0 Å². The molecule has 3 aromatic rings. The maximum Gasteiger partial charge on any atom is 0.279 e. The molecule has 0 aliphatic carbocycles. The molecule has 6 heteroatoms. The number of benzene rings is 2. The van der Waals surface area contributed by atoms with E-state index < -0.39 is 0 Å². The van der Waals surface area contributed by atoms with Gasteiger partial charge in [-0.3, -0.25) is 14.8 Å². The smallest absolute Gasteiger partial charge is 0.279 e. The molecule has 1 unspecified atom stereocenters. The number of hydrogen-bond donors (Lipinski definition) is 1. The van der Waals surface area contributed by atoms with Crippen molar-refractivity contribution in [1.29, 1.82) is 0 Å². The predicted octanol–water partition coefficient (Wildman–Crippen LogP) is 3.88. The summed E-state index contributed by atoms with van der Waals surface area (Å²) in [6.45, 7) is 4.49. The number of aryl methyl sites for hydroxylation is 1. The van der Waals surface area contributed by atoms with Crippen LogP contribution in [0.2, 0.25) is 0 Å². The highest BCUT2D eigenvalue weighted by Crippen LogP contribution is 2.42. The van der Waals surface area contributed by atoms with Crippen molar-refractivity contribution < 1.29 is 14.3 Å². The second kappa shape index (κ2) is 6.79. The fraction of sp³-hybridized carbons (Fsp3) is 0.238. The first-order valence-electron chi connectivity index (χ1n) is 8.89. The molecule has 0 fully saturated rings. The number of hydrogen-bond acceptors (Lipinski definition) is 4. The highest BCUT2D eigenvalue weighted by molar-refractivity contribution is 6.10. The van der Waals surface area contributed by atoms with Gasteiger partial charge in [-0.15, -0.1) is 0 Å². The molecule has 4 rings (SSSR count). The van der Waals surface area contributed by atoms with E-state index in [1.807, 2.05) is 62.4 Å². The Bertz CT molecular complexity index is 961. The molecule has 27 heavy (non-hydrogen) atoms. The summed E-state index contributed by atoms with van der Waals surface area (Å²) in [5, 5.41) is 7.19. The van der Waals surface area contributed by atoms with Crippen LogP contribution >= 0.6 is 0 Å². The molecule has 1 atom stereocenters. The number of fused-ring (bicyclic) bond motifs is 1. The summed E-state index contributed by atoms with van der Waals surface area (Å²) in [7, 11) is 1.64. The minimum Gasteiger partial charge on any atom is -0.497 e. The average Bonchev–Trinajstić information content (AvgIpc) is 3.21. The Balaban J connectivity index is 1.79. The van der Waals surface area contributed by atoms with Crippen molar-refractivity contribution in [2.45, 2.75) is 19.9 Å². The van der Waals surface area contributed by atoms with Gasteiger partial charge < -0.3 is 9.47 Å². The molecule has 1 N–H and O–H groups in total. The largest absolute Gasteiger partial charge is 0.497 e. The van der Waals surface area contributed by atoms with Gasteiger partial charge in [-0.1, -0.05) is 12.1 Å². The van der Waals surface area contributed by atoms with E-state index >= 15 is 0 Å². The van der Waals surface area contributed by atoms with Gasteiger partial charge in [0.05, 0.1) is 19.8 Å². The summed E-state index contributed by atoms with van der Waals surface area (Å²) in [6.07, 6.45) is 0. The van der Waals surface area contributed by atoms with Gasteiger partial charge in [0.2, 0.25) is 0 Å². The standard InChI is InChI=1S/C21H21N3O3/c1-4-27-17-11-7-15(8-12-17)24-20(14-5-9-16(26-3)10-6-14)18-13(2)22-23-19(18)21(24)25/h5-12,20H,4H2,1-3H3,(H,22,23). The first kappa shape index (κ1) is 17.1. The number of aromatic nitrogens is 2. The molecular formula is C21H21N3O3. The van der Waals surface area contributed by atoms with Crippen LogP contribution < -0.4 is 14.4 Å². The molecule has 0 bridgehead atoms. The minimum atomic E-state index is -0.241. The number of anilines is 1. The first-order valence-corrected chi connectivity index (χ1v) is 8.89. The number of ether oxygens (including phenoxy) is 2. The van der Waals surface area contributed by atoms with E-state index in [0.717, 1.165) is 34.0 Å². The number of rotatable bonds is 5. The first-order chi connectivity index (χ1) is 13.1. The molecule has 1 aromatic heterocycles. The second-order valence-electron chi connectivity index (χ2n) is 6.39. The van der Waals surface area contributed by atoms with Crippen molar-refractivity contribution >= 4 is 11.6 Å². The van der Waals surface area contributed by atoms with Crippen molar-refractivity contribution in [3.05, 3.63) is 71.0 Å². The van der Waals surface area contributed by atoms with Gasteiger partial charge in [0, 0.05) is 16.9 Å². The third-order valence-electron chi connectivity index (χ3n) is 4.80. The third kappa shape index (κ3) is 2.83. The van der Waals surface area contributed by atoms with Crippen LogP contribution in [0.4, 0.5) is 5.69 Å². The topological polar surface area (TPSA) is 67.5 Å². The molecule has 1 amide bonds. The number of H-pyrrole nitrogens is 1. The molecule has 2 heterocycles. The Labute approximate surface area is 157 Å². The number of nitrogens with one attached hydrogen (secondary N) is 1. The average molecular weight is 363 g/mol. The summed E-state index contributed by atoms with van der Waals surface area (Å²) < 4.78 is 10.8. The Morgan fingerprint density at radius 2 is 1.74 bits per heavy atom. The number of aromatic amines is 1. The number of amides is 1. The molecule has 1 aliphatic rings. The van der Waals surface area contributed by atoms with Gasteiger partial charge in [-0.2, -0.15) is 5.10 Å². The summed E-state index contributed by atoms with van der Waals surface area (Å²) in [5.41, 5.74) is 4.09. The molecule has 1 aliphatic heterocycles. The monoisotopic (exact) mass is 363 g/mol. The van der Waals surface area contributed by atoms with Gasteiger partial charge in [-0.25, -0.2) is 0 Å². The Hall–Kier alpha value is -3.28. The van der Waals surface area contributed by atoms with Gasteiger partial charge in [0.15, 0.2) is 5.69 Å². The van der Waals surface area contributed by atoms with Gasteiger partial charge >= 0.3 is 0 Å². The van der Waals surface area contributed by atoms with Crippen molar-refractivity contribution in [1.82, 2.24) is 10.2 Å². The molecule has 0 spiro atoms. The maximum absolute atomic E-state index is 13.1. The normalized spacial score (nSPS) is 15.7. The van der Waals surface area contributed by atoms with Gasteiger partial charge in [-0.05, 0) is 55.8 Å². The fourth-order valence-corrected chi connectivity index (χ4v) is 3.53. The molecule has 0 radical (unpaired) electrons. The van der Waals surface area contributed by atoms with Crippen LogP contribution in [0.3, 0.4) is 0 Å². The summed E-state index contributed by atoms with van der Waals surface area (Å²) in [6, 6.07) is 15.1. The molecule has 138 valence electrons. The number of carbonyl (C=O) groups excluding carboxylic acids is 1. The lowest BCUT2D eigenvalue weighted by Crippen LogP contribution is -2.29. The van der Waals surface area contributed by atoms with Crippen LogP contribution in [0.1, 0.15) is 40.3 Å². The van der Waals surface area contributed by atoms with E-state index in [-0.39, 0.29) is 11.9 Å². The fourth-order valence-electron chi connectivity index (χ4n) is 3.53. The Morgan fingerprint density at radius 3 is 2.37 bits per heavy atom. The van der Waals surface area contributed by atoms with Crippen LogP contribution in [0.15, 0.2) is 48.5 Å². The minimum absolute atomic E-state index is 0.112. The third-order valence-corrected chi connectivity index (χ3v) is 4.80. The SMILES string of the molecule is CCOc1ccc(N2C(=O)c3n[nH]c(C)c3C2c2ccc(OC)cc2)cc1. The lowest BCUT2D eigenvalue weighted by Gasteiger charge is -2.26. The number of carbonyl (C=O) groups is 1. The Morgan fingerprint density at radius 1 is 1.07 bits per heavy atom. The molecular weight excluding hydrogens is 342 g/mol. The van der Waals surface area contributed by atoms with Gasteiger partial charge in [0.25, 0.3) is 5.91 Å². The zero-order valence-corrected chi connectivity index (χ0v) is 15.5. The van der Waals surface area contributed by atoms with Crippen molar-refractivity contribution in [3.8, 4) is 11.5 Å². The molecule has 0 saturated heterocycles. The second-order valence-corrected chi connectivity index (χ2v) is 6.39. The van der Waals surface area contributed by atoms with E-state index in [1.54, 1.807) is 12.0 Å². The van der Waals surface area contributed by atoms with E-state index in [9.17, 15) is 4.79 Å². The van der Waals surface area contributed by atoms with E-state index in [2.05, 4.69) is 10.2 Å². The molecule has 6 nitrogen and oxygen atoms in total. The van der Waals surface area contributed by atoms with Crippen LogP contribution in [0.5, 0.6) is 11.5 Å². The summed E-state index contributed by atoms with van der Waals surface area (Å²) >= 11 is 0. The highest BCUT2D eigenvalue weighted by atomic mass is 16.5. The summed E-state index contributed by atoms with van der Waals surface area (Å²) in [4.78, 5) is 14.9. The van der Waals surface area contributed by atoms with E-state index in [1.165, 1.54) is 0 Å². The summed E-state index contributed by atoms with van der Waals surface area (Å²) in [5.74, 6) is 1.45. The zero-order chi connectivity index (χ0) is 19.0. The van der Waals surface area contributed by atoms with Crippen LogP contribution in [-0.4, -0.2) is 29.8 Å². The zero-order valence-electron chi connectivity index (χ0n) is 15.5. The number of methoxy groups -OCH3 is 1. The Kier molecular flexibility index (Phi) is 4.32.